The summed E-state index contributed by atoms with van der Waals surface area (Å²) in [4.78, 5) is 3.90. The molecule has 2 aromatic rings. The zero-order valence-corrected chi connectivity index (χ0v) is 10.4. The Hall–Kier alpha value is -0.300. The van der Waals surface area contributed by atoms with Gasteiger partial charge in [-0.3, -0.25) is 4.98 Å². The quantitative estimate of drug-likeness (QED) is 0.642. The smallest absolute Gasteiger partial charge is 0.152 e. The average molecular weight is 370 g/mol. The van der Waals surface area contributed by atoms with Crippen LogP contribution in [-0.2, 0) is 0 Å². The second-order valence-corrected chi connectivity index (χ2v) is 4.66. The Morgan fingerprint density at radius 1 is 1.29 bits per heavy atom. The van der Waals surface area contributed by atoms with E-state index < -0.39 is 11.6 Å². The number of hydrogen-bond donors (Lipinski definition) is 0. The maximum Gasteiger partial charge on any atom is 0.152 e. The Morgan fingerprint density at radius 3 is 2.71 bits per heavy atom. The lowest BCUT2D eigenvalue weighted by Gasteiger charge is -2.03. The molecule has 14 heavy (non-hydrogen) atoms. The summed E-state index contributed by atoms with van der Waals surface area (Å²) in [7, 11) is 0. The largest absolute Gasteiger partial charge is 0.252 e. The molecule has 0 aliphatic rings. The summed E-state index contributed by atoms with van der Waals surface area (Å²) in [5.74, 6) is -1.24. The third kappa shape index (κ3) is 1.63. The first-order valence-electron chi connectivity index (χ1n) is 3.68. The second-order valence-electron chi connectivity index (χ2n) is 2.70. The highest BCUT2D eigenvalue weighted by Crippen LogP contribution is 2.29. The molecule has 0 saturated carbocycles. The third-order valence-electron chi connectivity index (χ3n) is 1.78. The van der Waals surface area contributed by atoms with Crippen LogP contribution in [-0.4, -0.2) is 4.98 Å². The van der Waals surface area contributed by atoms with Gasteiger partial charge in [0.05, 0.1) is 0 Å². The van der Waals surface area contributed by atoms with Crippen molar-refractivity contribution in [3.8, 4) is 0 Å². The fourth-order valence-corrected chi connectivity index (χ4v) is 2.01. The minimum Gasteiger partial charge on any atom is -0.252 e. The molecule has 0 radical (unpaired) electrons. The lowest BCUT2D eigenvalue weighted by molar-refractivity contribution is 0.590. The zero-order chi connectivity index (χ0) is 10.3. The minimum absolute atomic E-state index is 0.179. The number of fused-ring (bicyclic) bond motifs is 1. The van der Waals surface area contributed by atoms with Gasteiger partial charge in [-0.05, 0) is 44.6 Å². The molecule has 1 nitrogen and oxygen atoms in total. The van der Waals surface area contributed by atoms with Gasteiger partial charge in [0.15, 0.2) is 5.82 Å². The van der Waals surface area contributed by atoms with Gasteiger partial charge >= 0.3 is 0 Å². The van der Waals surface area contributed by atoms with E-state index in [-0.39, 0.29) is 5.52 Å². The van der Waals surface area contributed by atoms with E-state index in [2.05, 4.69) is 20.9 Å². The number of hydrogen-bond acceptors (Lipinski definition) is 1. The van der Waals surface area contributed by atoms with Crippen LogP contribution in [0.3, 0.4) is 0 Å². The molecule has 0 amide bonds. The van der Waals surface area contributed by atoms with Gasteiger partial charge in [0.1, 0.15) is 11.3 Å². The van der Waals surface area contributed by atoms with Gasteiger partial charge < -0.3 is 0 Å². The summed E-state index contributed by atoms with van der Waals surface area (Å²) in [6.45, 7) is 0. The lowest BCUT2D eigenvalue weighted by atomic mass is 10.2. The Bertz CT molecular complexity index is 516. The van der Waals surface area contributed by atoms with Gasteiger partial charge in [-0.1, -0.05) is 0 Å². The zero-order valence-electron chi connectivity index (χ0n) is 6.69. The van der Waals surface area contributed by atoms with Crippen LogP contribution in [0.25, 0.3) is 10.9 Å². The van der Waals surface area contributed by atoms with Crippen LogP contribution in [0.1, 0.15) is 0 Å². The first-order valence-corrected chi connectivity index (χ1v) is 5.55. The summed E-state index contributed by atoms with van der Waals surface area (Å²) in [5.41, 5.74) is 0.179. The van der Waals surface area contributed by atoms with Crippen LogP contribution in [0.2, 0.25) is 0 Å². The van der Waals surface area contributed by atoms with E-state index in [9.17, 15) is 8.78 Å². The summed E-state index contributed by atoms with van der Waals surface area (Å²) in [6, 6.07) is 2.09. The van der Waals surface area contributed by atoms with Gasteiger partial charge in [-0.2, -0.15) is 0 Å². The van der Waals surface area contributed by atoms with Gasteiger partial charge in [0, 0.05) is 25.7 Å². The van der Waals surface area contributed by atoms with Crippen LogP contribution >= 0.6 is 38.5 Å². The SMILES string of the molecule is Fc1cc(F)c2ncc(I)c(Br)c2c1. The van der Waals surface area contributed by atoms with Crippen molar-refractivity contribution >= 4 is 49.4 Å². The maximum absolute atomic E-state index is 13.2. The molecule has 0 unspecified atom stereocenters. The topological polar surface area (TPSA) is 12.9 Å². The predicted molar refractivity (Wildman–Crippen MR) is 62.1 cm³/mol. The molecule has 0 aliphatic heterocycles. The van der Waals surface area contributed by atoms with Crippen LogP contribution < -0.4 is 0 Å². The molecule has 2 rings (SSSR count). The highest BCUT2D eigenvalue weighted by molar-refractivity contribution is 14.1. The van der Waals surface area contributed by atoms with Crippen molar-refractivity contribution in [1.82, 2.24) is 4.98 Å². The van der Waals surface area contributed by atoms with E-state index in [1.54, 1.807) is 0 Å². The summed E-state index contributed by atoms with van der Waals surface area (Å²) in [6.07, 6.45) is 1.54. The molecule has 1 aromatic heterocycles. The van der Waals surface area contributed by atoms with Crippen molar-refractivity contribution in [2.45, 2.75) is 0 Å². The van der Waals surface area contributed by atoms with Gasteiger partial charge in [0.25, 0.3) is 0 Å². The van der Waals surface area contributed by atoms with Crippen molar-refractivity contribution < 1.29 is 8.78 Å². The van der Waals surface area contributed by atoms with E-state index >= 15 is 0 Å². The molecular formula is C9H3BrF2IN. The second kappa shape index (κ2) is 3.69. The van der Waals surface area contributed by atoms with Gasteiger partial charge in [0.2, 0.25) is 0 Å². The maximum atomic E-state index is 13.2. The summed E-state index contributed by atoms with van der Waals surface area (Å²) in [5, 5.41) is 0.453. The third-order valence-corrected chi connectivity index (χ3v) is 4.19. The monoisotopic (exact) mass is 369 g/mol. The molecule has 1 heterocycles. The molecular weight excluding hydrogens is 367 g/mol. The molecule has 0 atom stereocenters. The Labute approximate surface area is 101 Å². The molecule has 0 N–H and O–H groups in total. The van der Waals surface area contributed by atoms with E-state index in [1.807, 2.05) is 22.6 Å². The van der Waals surface area contributed by atoms with Crippen molar-refractivity contribution in [2.24, 2.45) is 0 Å². The van der Waals surface area contributed by atoms with Crippen molar-refractivity contribution in [3.05, 3.63) is 38.0 Å². The van der Waals surface area contributed by atoms with Gasteiger partial charge in [-0.15, -0.1) is 0 Å². The first kappa shape index (κ1) is 10.2. The molecule has 0 bridgehead atoms. The van der Waals surface area contributed by atoms with E-state index in [1.165, 1.54) is 12.3 Å². The molecule has 0 saturated heterocycles. The van der Waals surface area contributed by atoms with E-state index in [0.29, 0.717) is 9.86 Å². The fourth-order valence-electron chi connectivity index (χ4n) is 1.17. The van der Waals surface area contributed by atoms with Crippen LogP contribution in [0.15, 0.2) is 22.8 Å². The molecule has 0 fully saturated rings. The van der Waals surface area contributed by atoms with Crippen LogP contribution in [0.5, 0.6) is 0 Å². The van der Waals surface area contributed by atoms with Crippen LogP contribution in [0, 0.1) is 15.2 Å². The number of halogens is 4. The molecule has 0 aliphatic carbocycles. The molecule has 72 valence electrons. The standard InChI is InChI=1S/C9H3BrF2IN/c10-8-5-1-4(11)2-6(12)9(5)14-3-7(8)13/h1-3H. The first-order chi connectivity index (χ1) is 6.59. The van der Waals surface area contributed by atoms with E-state index in [0.717, 1.165) is 9.64 Å². The normalized spacial score (nSPS) is 10.9. The van der Waals surface area contributed by atoms with Gasteiger partial charge in [-0.25, -0.2) is 8.78 Å². The number of rotatable bonds is 0. The lowest BCUT2D eigenvalue weighted by Crippen LogP contribution is -1.89. The van der Waals surface area contributed by atoms with Crippen molar-refractivity contribution in [2.75, 3.05) is 0 Å². The summed E-state index contributed by atoms with van der Waals surface area (Å²) < 4.78 is 27.6. The number of nitrogens with zero attached hydrogens (tertiary/aromatic N) is 1. The minimum atomic E-state index is -0.642. The highest BCUT2D eigenvalue weighted by atomic mass is 127. The highest BCUT2D eigenvalue weighted by Gasteiger charge is 2.09. The molecule has 5 heteroatoms. The van der Waals surface area contributed by atoms with Crippen molar-refractivity contribution in [1.29, 1.82) is 0 Å². The summed E-state index contributed by atoms with van der Waals surface area (Å²) >= 11 is 5.31. The Morgan fingerprint density at radius 2 is 2.00 bits per heavy atom. The molecule has 1 aromatic carbocycles. The number of pyridine rings is 1. The Balaban J connectivity index is 2.95. The fraction of sp³-hybridized carbons (Fsp3) is 0. The average Bonchev–Trinajstić information content (AvgIpc) is 2.12. The Kier molecular flexibility index (Phi) is 2.70. The number of aromatic nitrogens is 1. The predicted octanol–water partition coefficient (Wildman–Crippen LogP) is 3.88. The molecule has 0 spiro atoms. The van der Waals surface area contributed by atoms with Crippen molar-refractivity contribution in [3.63, 3.8) is 0 Å². The number of benzene rings is 1. The van der Waals surface area contributed by atoms with E-state index in [4.69, 9.17) is 0 Å². The van der Waals surface area contributed by atoms with Crippen LogP contribution in [0.4, 0.5) is 8.78 Å².